The predicted molar refractivity (Wildman–Crippen MR) is 100 cm³/mol. The molecule has 0 amide bonds. The number of aromatic nitrogens is 4. The molecule has 1 aromatic carbocycles. The Bertz CT molecular complexity index is 961. The molecule has 0 atom stereocenters. The van der Waals surface area contributed by atoms with Crippen molar-refractivity contribution in [1.82, 2.24) is 20.0 Å². The number of hydrogen-bond acceptors (Lipinski definition) is 4. The maximum atomic E-state index is 12.8. The van der Waals surface area contributed by atoms with Gasteiger partial charge < -0.3 is 0 Å². The molecule has 0 radical (unpaired) electrons. The lowest BCUT2D eigenvalue weighted by Gasteiger charge is -2.30. The number of fused-ring (bicyclic) bond motifs is 1. The van der Waals surface area contributed by atoms with Crippen LogP contribution in [-0.4, -0.2) is 25.8 Å². The van der Waals surface area contributed by atoms with Gasteiger partial charge in [-0.15, -0.1) is 10.2 Å². The summed E-state index contributed by atoms with van der Waals surface area (Å²) < 4.78 is 1.77. The van der Waals surface area contributed by atoms with Crippen molar-refractivity contribution >= 4 is 17.4 Å². The highest BCUT2D eigenvalue weighted by molar-refractivity contribution is 6.29. The van der Waals surface area contributed by atoms with Crippen LogP contribution in [0.25, 0.3) is 5.82 Å². The molecule has 0 fully saturated rings. The second kappa shape index (κ2) is 6.32. The number of rotatable bonds is 3. The van der Waals surface area contributed by atoms with Gasteiger partial charge in [0.15, 0.2) is 16.8 Å². The van der Waals surface area contributed by atoms with Crippen molar-refractivity contribution in [2.75, 3.05) is 0 Å². The van der Waals surface area contributed by atoms with Gasteiger partial charge in [0.1, 0.15) is 0 Å². The van der Waals surface area contributed by atoms with Crippen molar-refractivity contribution in [3.05, 3.63) is 70.1 Å². The van der Waals surface area contributed by atoms with Crippen molar-refractivity contribution < 1.29 is 4.79 Å². The highest BCUT2D eigenvalue weighted by Gasteiger charge is 2.39. The van der Waals surface area contributed by atoms with E-state index in [2.05, 4.69) is 24.0 Å². The molecule has 5 nitrogen and oxygen atoms in total. The van der Waals surface area contributed by atoms with Crippen LogP contribution in [0.2, 0.25) is 5.15 Å². The Morgan fingerprint density at radius 2 is 1.88 bits per heavy atom. The van der Waals surface area contributed by atoms with Crippen LogP contribution in [0.5, 0.6) is 0 Å². The minimum absolute atomic E-state index is 0.151. The van der Waals surface area contributed by atoms with E-state index in [1.165, 1.54) is 0 Å². The first-order valence-corrected chi connectivity index (χ1v) is 9.02. The van der Waals surface area contributed by atoms with Gasteiger partial charge in [0.05, 0.1) is 17.0 Å². The molecule has 3 aromatic rings. The van der Waals surface area contributed by atoms with Crippen LogP contribution in [0.15, 0.2) is 42.5 Å². The topological polar surface area (TPSA) is 60.7 Å². The normalized spacial score (nSPS) is 15.7. The molecule has 4 rings (SSSR count). The van der Waals surface area contributed by atoms with E-state index < -0.39 is 0 Å². The number of halogens is 1. The summed E-state index contributed by atoms with van der Waals surface area (Å²) in [7, 11) is 0. The Morgan fingerprint density at radius 1 is 1.12 bits per heavy atom. The molecule has 6 heteroatoms. The van der Waals surface area contributed by atoms with Crippen molar-refractivity contribution in [1.29, 1.82) is 0 Å². The van der Waals surface area contributed by atoms with Crippen molar-refractivity contribution in [3.8, 4) is 5.82 Å². The minimum Gasteiger partial charge on any atom is -0.294 e. The van der Waals surface area contributed by atoms with Crippen LogP contribution >= 0.6 is 11.6 Å². The molecule has 132 valence electrons. The third kappa shape index (κ3) is 2.92. The first-order chi connectivity index (χ1) is 12.5. The number of carbonyl (C=O) groups is 1. The summed E-state index contributed by atoms with van der Waals surface area (Å²) in [5, 5.41) is 13.2. The number of hydrogen-bond donors (Lipinski definition) is 0. The van der Waals surface area contributed by atoms with Gasteiger partial charge in [-0.05, 0) is 24.1 Å². The summed E-state index contributed by atoms with van der Waals surface area (Å²) >= 11 is 5.88. The lowest BCUT2D eigenvalue weighted by molar-refractivity contribution is 0.0954. The van der Waals surface area contributed by atoms with Crippen molar-refractivity contribution in [2.45, 2.75) is 38.5 Å². The molecule has 1 aliphatic rings. The van der Waals surface area contributed by atoms with Crippen LogP contribution in [0.3, 0.4) is 0 Å². The molecule has 0 unspecified atom stereocenters. The van der Waals surface area contributed by atoms with E-state index in [0.717, 1.165) is 28.9 Å². The number of Topliss-reactive ketones (excluding diaryl/α,β-unsaturated/α-hetero) is 1. The number of carbonyl (C=O) groups excluding carboxylic acids is 1. The zero-order valence-corrected chi connectivity index (χ0v) is 15.5. The first-order valence-electron chi connectivity index (χ1n) is 8.65. The van der Waals surface area contributed by atoms with E-state index in [1.54, 1.807) is 16.8 Å². The number of ketones is 1. The Kier molecular flexibility index (Phi) is 4.11. The highest BCUT2D eigenvalue weighted by atomic mass is 35.5. The molecule has 26 heavy (non-hydrogen) atoms. The fourth-order valence-electron chi connectivity index (χ4n) is 3.55. The van der Waals surface area contributed by atoms with Gasteiger partial charge in [0.2, 0.25) is 0 Å². The summed E-state index contributed by atoms with van der Waals surface area (Å²) in [6.07, 6.45) is 1.94. The number of benzene rings is 1. The van der Waals surface area contributed by atoms with Gasteiger partial charge in [0, 0.05) is 18.3 Å². The highest BCUT2D eigenvalue weighted by Crippen LogP contribution is 2.39. The summed E-state index contributed by atoms with van der Waals surface area (Å²) in [4.78, 5) is 12.8. The predicted octanol–water partition coefficient (Wildman–Crippen LogP) is 4.16. The molecule has 2 heterocycles. The van der Waals surface area contributed by atoms with Gasteiger partial charge in [-0.25, -0.2) is 4.68 Å². The van der Waals surface area contributed by atoms with Crippen LogP contribution in [0.1, 0.15) is 54.0 Å². The molecule has 0 N–H and O–H groups in total. The summed E-state index contributed by atoms with van der Waals surface area (Å²) in [5.41, 5.74) is 3.39. The zero-order valence-electron chi connectivity index (χ0n) is 14.7. The van der Waals surface area contributed by atoms with Crippen LogP contribution in [0.4, 0.5) is 0 Å². The third-order valence-electron chi connectivity index (χ3n) is 4.90. The smallest absolute Gasteiger partial charge is 0.176 e. The monoisotopic (exact) mass is 366 g/mol. The standard InChI is InChI=1S/C20H19ClN4O/c1-20(2)11-10-15(26)18-14(12-13-6-4-3-5-7-13)24-25(19(18)20)17-9-8-16(21)22-23-17/h3-9H,10-12H2,1-2H3. The van der Waals surface area contributed by atoms with E-state index >= 15 is 0 Å². The molecule has 0 spiro atoms. The summed E-state index contributed by atoms with van der Waals surface area (Å²) in [6, 6.07) is 13.5. The Morgan fingerprint density at radius 3 is 2.58 bits per heavy atom. The van der Waals surface area contributed by atoms with Gasteiger partial charge in [-0.2, -0.15) is 5.10 Å². The molecule has 0 saturated carbocycles. The average molecular weight is 367 g/mol. The first kappa shape index (κ1) is 16.9. The lowest BCUT2D eigenvalue weighted by Crippen LogP contribution is -2.30. The maximum Gasteiger partial charge on any atom is 0.176 e. The Labute approximate surface area is 157 Å². The second-order valence-electron chi connectivity index (χ2n) is 7.27. The largest absolute Gasteiger partial charge is 0.294 e. The molecule has 2 aromatic heterocycles. The van der Waals surface area contributed by atoms with Crippen LogP contribution in [-0.2, 0) is 11.8 Å². The Balaban J connectivity index is 1.90. The van der Waals surface area contributed by atoms with E-state index in [9.17, 15) is 4.79 Å². The molecule has 0 saturated heterocycles. The van der Waals surface area contributed by atoms with E-state index in [0.29, 0.717) is 23.8 Å². The quantitative estimate of drug-likeness (QED) is 0.698. The zero-order chi connectivity index (χ0) is 18.3. The van der Waals surface area contributed by atoms with E-state index in [-0.39, 0.29) is 11.2 Å². The summed E-state index contributed by atoms with van der Waals surface area (Å²) in [5.74, 6) is 0.728. The summed E-state index contributed by atoms with van der Waals surface area (Å²) in [6.45, 7) is 4.29. The van der Waals surface area contributed by atoms with Gasteiger partial charge in [0.25, 0.3) is 0 Å². The van der Waals surface area contributed by atoms with E-state index in [4.69, 9.17) is 16.7 Å². The second-order valence-corrected chi connectivity index (χ2v) is 7.65. The SMILES string of the molecule is CC1(C)CCC(=O)c2c(Cc3ccccc3)nn(-c3ccc(Cl)nn3)c21. The molecule has 0 aliphatic heterocycles. The average Bonchev–Trinajstić information content (AvgIpc) is 3.01. The van der Waals surface area contributed by atoms with Crippen LogP contribution < -0.4 is 0 Å². The van der Waals surface area contributed by atoms with Gasteiger partial charge >= 0.3 is 0 Å². The van der Waals surface area contributed by atoms with Crippen LogP contribution in [0, 0.1) is 0 Å². The van der Waals surface area contributed by atoms with E-state index in [1.807, 2.05) is 30.3 Å². The maximum absolute atomic E-state index is 12.8. The van der Waals surface area contributed by atoms with Gasteiger partial charge in [-0.1, -0.05) is 55.8 Å². The lowest BCUT2D eigenvalue weighted by atomic mass is 9.75. The molecule has 0 bridgehead atoms. The Hall–Kier alpha value is -2.53. The number of nitrogens with zero attached hydrogens (tertiary/aromatic N) is 4. The fraction of sp³-hybridized carbons (Fsp3) is 0.300. The van der Waals surface area contributed by atoms with Crippen molar-refractivity contribution in [3.63, 3.8) is 0 Å². The molecular weight excluding hydrogens is 348 g/mol. The van der Waals surface area contributed by atoms with Crippen molar-refractivity contribution in [2.24, 2.45) is 0 Å². The molecular formula is C20H19ClN4O. The fourth-order valence-corrected chi connectivity index (χ4v) is 3.65. The van der Waals surface area contributed by atoms with Gasteiger partial charge in [-0.3, -0.25) is 4.79 Å². The molecule has 1 aliphatic carbocycles. The minimum atomic E-state index is -0.174. The third-order valence-corrected chi connectivity index (χ3v) is 5.11.